The van der Waals surface area contributed by atoms with Gasteiger partial charge in [-0.2, -0.15) is 20.1 Å². The Hall–Kier alpha value is -2.77. The fourth-order valence-electron chi connectivity index (χ4n) is 2.84. The van der Waals surface area contributed by atoms with E-state index in [2.05, 4.69) is 16.1 Å². The summed E-state index contributed by atoms with van der Waals surface area (Å²) in [5, 5.41) is 18.6. The van der Waals surface area contributed by atoms with Crippen LogP contribution in [-0.4, -0.2) is 32.0 Å². The highest BCUT2D eigenvalue weighted by Gasteiger charge is 2.27. The molecule has 1 aliphatic heterocycles. The molecule has 0 saturated heterocycles. The van der Waals surface area contributed by atoms with Crippen molar-refractivity contribution in [3.05, 3.63) is 22.5 Å². The highest BCUT2D eigenvalue weighted by molar-refractivity contribution is 6.33. The minimum absolute atomic E-state index is 0.0287. The molecular weight excluding hydrogens is 328 g/mol. The largest absolute Gasteiger partial charge is 0.284 e. The molecule has 0 bridgehead atoms. The van der Waals surface area contributed by atoms with Crippen molar-refractivity contribution in [1.29, 1.82) is 5.26 Å². The van der Waals surface area contributed by atoms with Gasteiger partial charge in [0, 0.05) is 13.5 Å². The van der Waals surface area contributed by atoms with Crippen LogP contribution in [0.25, 0.3) is 5.82 Å². The molecule has 0 aliphatic carbocycles. The summed E-state index contributed by atoms with van der Waals surface area (Å²) in [5.74, 6) is 2.84. The number of halogens is 1. The number of nitriles is 1. The molecule has 1 amide bonds. The third-order valence-corrected chi connectivity index (χ3v) is 4.35. The van der Waals surface area contributed by atoms with Crippen LogP contribution in [0.3, 0.4) is 0 Å². The number of aryl methyl sites for hydroxylation is 1. The number of carbonyl (C=O) groups is 1. The number of rotatable bonds is 3. The minimum Gasteiger partial charge on any atom is -0.284 e. The van der Waals surface area contributed by atoms with Gasteiger partial charge in [0.2, 0.25) is 5.91 Å². The average Bonchev–Trinajstić information content (AvgIpc) is 3.13. The van der Waals surface area contributed by atoms with Crippen LogP contribution in [0.5, 0.6) is 0 Å². The molecule has 3 heterocycles. The third kappa shape index (κ3) is 2.53. The first-order valence-electron chi connectivity index (χ1n) is 7.53. The van der Waals surface area contributed by atoms with Crippen molar-refractivity contribution in [1.82, 2.24) is 19.6 Å². The van der Waals surface area contributed by atoms with E-state index in [-0.39, 0.29) is 18.0 Å². The maximum Gasteiger partial charge on any atom is 0.225 e. The Kier molecular flexibility index (Phi) is 4.28. The summed E-state index contributed by atoms with van der Waals surface area (Å²) >= 11 is 6.49. The summed E-state index contributed by atoms with van der Waals surface area (Å²) < 4.78 is 3.28. The number of fused-ring (bicyclic) bond motifs is 1. The molecule has 0 radical (unpaired) electrons. The summed E-state index contributed by atoms with van der Waals surface area (Å²) in [6.45, 7) is 2.20. The summed E-state index contributed by atoms with van der Waals surface area (Å²) in [4.78, 5) is 13.3. The molecule has 1 aliphatic rings. The molecule has 24 heavy (non-hydrogen) atoms. The lowest BCUT2D eigenvalue weighted by Gasteiger charge is -2.19. The van der Waals surface area contributed by atoms with Gasteiger partial charge in [-0.15, -0.1) is 6.42 Å². The lowest BCUT2D eigenvalue weighted by molar-refractivity contribution is -0.116. The number of amides is 1. The van der Waals surface area contributed by atoms with Gasteiger partial charge in [0.15, 0.2) is 11.6 Å². The van der Waals surface area contributed by atoms with Crippen LogP contribution in [0.15, 0.2) is 6.20 Å². The van der Waals surface area contributed by atoms with Crippen molar-refractivity contribution in [2.45, 2.75) is 32.7 Å². The molecule has 3 rings (SSSR count). The van der Waals surface area contributed by atoms with Crippen LogP contribution in [0, 0.1) is 23.7 Å². The first kappa shape index (κ1) is 16.1. The molecule has 0 N–H and O–H groups in total. The zero-order valence-electron chi connectivity index (χ0n) is 13.2. The van der Waals surface area contributed by atoms with E-state index >= 15 is 0 Å². The second kappa shape index (κ2) is 6.38. The third-order valence-electron chi connectivity index (χ3n) is 3.96. The second-order valence-electron chi connectivity index (χ2n) is 5.48. The Bertz CT molecular complexity index is 882. The van der Waals surface area contributed by atoms with Crippen LogP contribution in [0.4, 0.5) is 5.82 Å². The number of nitrogens with zero attached hydrogens (tertiary/aromatic N) is 6. The van der Waals surface area contributed by atoms with Gasteiger partial charge in [0.05, 0.1) is 18.4 Å². The van der Waals surface area contributed by atoms with Gasteiger partial charge in [0.25, 0.3) is 0 Å². The number of carbonyl (C=O) groups excluding carboxylic acids is 1. The van der Waals surface area contributed by atoms with Gasteiger partial charge in [0.1, 0.15) is 16.7 Å². The predicted octanol–water partition coefficient (Wildman–Crippen LogP) is 1.92. The molecule has 2 aromatic heterocycles. The molecule has 0 aromatic carbocycles. The van der Waals surface area contributed by atoms with Gasteiger partial charge < -0.3 is 0 Å². The maximum absolute atomic E-state index is 12.0. The average molecular weight is 343 g/mol. The molecule has 0 fully saturated rings. The van der Waals surface area contributed by atoms with Crippen LogP contribution < -0.4 is 4.90 Å². The molecular formula is C16H15ClN6O. The topological polar surface area (TPSA) is 79.7 Å². The Morgan fingerprint density at radius 2 is 2.33 bits per heavy atom. The van der Waals surface area contributed by atoms with Crippen molar-refractivity contribution in [3.63, 3.8) is 0 Å². The van der Waals surface area contributed by atoms with Gasteiger partial charge in [-0.1, -0.05) is 17.5 Å². The van der Waals surface area contributed by atoms with Gasteiger partial charge in [-0.05, 0) is 19.3 Å². The zero-order valence-corrected chi connectivity index (χ0v) is 13.9. The van der Waals surface area contributed by atoms with E-state index in [1.165, 1.54) is 22.7 Å². The summed E-state index contributed by atoms with van der Waals surface area (Å²) in [7, 11) is 0. The molecule has 0 atom stereocenters. The SMILES string of the molecule is C#CCN(C(C)=O)c1c(C#N)cnn1-c1nn2c(c1Cl)CCCC2. The van der Waals surface area contributed by atoms with E-state index in [0.717, 1.165) is 31.5 Å². The van der Waals surface area contributed by atoms with E-state index < -0.39 is 0 Å². The monoisotopic (exact) mass is 342 g/mol. The van der Waals surface area contributed by atoms with Crippen LogP contribution in [0.2, 0.25) is 5.02 Å². The number of anilines is 1. The highest BCUT2D eigenvalue weighted by atomic mass is 35.5. The van der Waals surface area contributed by atoms with E-state index in [1.807, 2.05) is 10.8 Å². The zero-order chi connectivity index (χ0) is 17.3. The first-order valence-corrected chi connectivity index (χ1v) is 7.91. The fraction of sp³-hybridized carbons (Fsp3) is 0.375. The molecule has 0 unspecified atom stereocenters. The van der Waals surface area contributed by atoms with E-state index in [0.29, 0.717) is 16.7 Å². The molecule has 2 aromatic rings. The van der Waals surface area contributed by atoms with Crippen molar-refractivity contribution in [2.24, 2.45) is 0 Å². The molecule has 122 valence electrons. The van der Waals surface area contributed by atoms with Crippen molar-refractivity contribution in [3.8, 4) is 24.2 Å². The van der Waals surface area contributed by atoms with Crippen molar-refractivity contribution >= 4 is 23.3 Å². The highest BCUT2D eigenvalue weighted by Crippen LogP contribution is 2.32. The molecule has 0 saturated carbocycles. The lowest BCUT2D eigenvalue weighted by Crippen LogP contribution is -2.31. The number of hydrogen-bond donors (Lipinski definition) is 0. The van der Waals surface area contributed by atoms with Crippen molar-refractivity contribution in [2.75, 3.05) is 11.4 Å². The smallest absolute Gasteiger partial charge is 0.225 e. The Labute approximate surface area is 144 Å². The fourth-order valence-corrected chi connectivity index (χ4v) is 3.15. The van der Waals surface area contributed by atoms with Crippen LogP contribution in [0.1, 0.15) is 31.0 Å². The van der Waals surface area contributed by atoms with Crippen LogP contribution in [-0.2, 0) is 17.8 Å². The van der Waals surface area contributed by atoms with E-state index in [4.69, 9.17) is 18.0 Å². The minimum atomic E-state index is -0.286. The Balaban J connectivity index is 2.18. The summed E-state index contributed by atoms with van der Waals surface area (Å²) in [5.41, 5.74) is 1.19. The maximum atomic E-state index is 12.0. The van der Waals surface area contributed by atoms with Crippen LogP contribution >= 0.6 is 11.6 Å². The normalized spacial score (nSPS) is 13.0. The Morgan fingerprint density at radius 3 is 2.96 bits per heavy atom. The number of aromatic nitrogens is 4. The van der Waals surface area contributed by atoms with Gasteiger partial charge in [-0.25, -0.2) is 0 Å². The summed E-state index contributed by atoms with van der Waals surface area (Å²) in [6, 6.07) is 2.04. The van der Waals surface area contributed by atoms with Crippen molar-refractivity contribution < 1.29 is 4.79 Å². The van der Waals surface area contributed by atoms with E-state index in [9.17, 15) is 10.1 Å². The lowest BCUT2D eigenvalue weighted by atomic mass is 10.1. The van der Waals surface area contributed by atoms with Gasteiger partial charge in [-0.3, -0.25) is 14.4 Å². The quantitative estimate of drug-likeness (QED) is 0.798. The first-order chi connectivity index (χ1) is 11.6. The van der Waals surface area contributed by atoms with E-state index in [1.54, 1.807) is 0 Å². The molecule has 0 spiro atoms. The molecule has 8 heteroatoms. The number of hydrogen-bond acceptors (Lipinski definition) is 4. The van der Waals surface area contributed by atoms with Gasteiger partial charge >= 0.3 is 0 Å². The second-order valence-corrected chi connectivity index (χ2v) is 5.86. The predicted molar refractivity (Wildman–Crippen MR) is 88.9 cm³/mol. The Morgan fingerprint density at radius 1 is 1.54 bits per heavy atom. The standard InChI is InChI=1S/C16H15ClN6O/c1-3-7-21(11(2)24)16-12(9-18)10-19-23(16)15-14(17)13-6-4-5-8-22(13)20-15/h1,10H,4-8H2,2H3. The molecule has 7 nitrogen and oxygen atoms in total. The number of terminal acetylenes is 1. The summed E-state index contributed by atoms with van der Waals surface area (Å²) in [6.07, 6.45) is 9.68.